The normalized spacial score (nSPS) is 12.2. The van der Waals surface area contributed by atoms with E-state index in [1.165, 1.54) is 50.5 Å². The average molecular weight is 466 g/mol. The van der Waals surface area contributed by atoms with Crippen LogP contribution in [0.1, 0.15) is 86.9 Å². The predicted octanol–water partition coefficient (Wildman–Crippen LogP) is 7.40. The zero-order valence-corrected chi connectivity index (χ0v) is 21.1. The number of nitrogens with one attached hydrogen (secondary N) is 1. The molecule has 1 aromatic heterocycles. The van der Waals surface area contributed by atoms with Crippen molar-refractivity contribution in [2.75, 3.05) is 12.0 Å². The van der Waals surface area contributed by atoms with Crippen molar-refractivity contribution in [2.45, 2.75) is 77.3 Å². The Bertz CT molecular complexity index is 970. The Labute approximate surface area is 203 Å². The predicted molar refractivity (Wildman–Crippen MR) is 142 cm³/mol. The van der Waals surface area contributed by atoms with E-state index in [1.54, 1.807) is 11.8 Å². The van der Waals surface area contributed by atoms with Gasteiger partial charge in [-0.2, -0.15) is 11.8 Å². The van der Waals surface area contributed by atoms with Crippen molar-refractivity contribution in [2.24, 2.45) is 0 Å². The first-order valence-corrected chi connectivity index (χ1v) is 13.9. The van der Waals surface area contributed by atoms with E-state index in [2.05, 4.69) is 41.3 Å². The Morgan fingerprint density at radius 3 is 2.33 bits per heavy atom. The van der Waals surface area contributed by atoms with Crippen molar-refractivity contribution in [3.05, 3.63) is 66.0 Å². The minimum Gasteiger partial charge on any atom is -0.342 e. The van der Waals surface area contributed by atoms with Crippen LogP contribution in [0.5, 0.6) is 0 Å². The van der Waals surface area contributed by atoms with Crippen LogP contribution >= 0.6 is 11.8 Å². The molecule has 3 aromatic rings. The van der Waals surface area contributed by atoms with E-state index in [0.717, 1.165) is 36.5 Å². The van der Waals surface area contributed by atoms with Crippen LogP contribution < -0.4 is 5.32 Å². The molecule has 0 aliphatic rings. The molecule has 0 fully saturated rings. The number of amides is 1. The first-order valence-electron chi connectivity index (χ1n) is 12.5. The molecule has 33 heavy (non-hydrogen) atoms. The van der Waals surface area contributed by atoms with Crippen LogP contribution in [0.25, 0.3) is 11.0 Å². The van der Waals surface area contributed by atoms with E-state index in [0.29, 0.717) is 5.56 Å². The monoisotopic (exact) mass is 465 g/mol. The smallest absolute Gasteiger partial charge is 0.251 e. The first kappa shape index (κ1) is 25.4. The number of fused-ring (bicyclic) bond motifs is 1. The van der Waals surface area contributed by atoms with Gasteiger partial charge in [0.1, 0.15) is 5.82 Å². The average Bonchev–Trinajstić information content (AvgIpc) is 3.22. The lowest BCUT2D eigenvalue weighted by Gasteiger charge is -2.20. The first-order chi connectivity index (χ1) is 16.2. The number of carbonyl (C=O) groups excluding carboxylic acids is 1. The molecule has 178 valence electrons. The van der Waals surface area contributed by atoms with Crippen molar-refractivity contribution in [1.29, 1.82) is 0 Å². The van der Waals surface area contributed by atoms with Gasteiger partial charge < -0.3 is 9.88 Å². The lowest BCUT2D eigenvalue weighted by atomic mass is 10.1. The summed E-state index contributed by atoms with van der Waals surface area (Å²) in [6, 6.07) is 17.7. The molecule has 0 aliphatic heterocycles. The zero-order chi connectivity index (χ0) is 23.3. The van der Waals surface area contributed by atoms with Gasteiger partial charge in [-0.05, 0) is 49.1 Å². The highest BCUT2D eigenvalue weighted by Gasteiger charge is 2.22. The molecule has 3 rings (SSSR count). The summed E-state index contributed by atoms with van der Waals surface area (Å²) in [4.78, 5) is 18.0. The largest absolute Gasteiger partial charge is 0.342 e. The third kappa shape index (κ3) is 7.63. The SMILES string of the molecule is CCCCCCCCCCn1c([C@@H](CCSC)NC(=O)c2ccccc2)nc2ccccc21. The Morgan fingerprint density at radius 2 is 1.61 bits per heavy atom. The van der Waals surface area contributed by atoms with Gasteiger partial charge in [0.15, 0.2) is 0 Å². The van der Waals surface area contributed by atoms with Gasteiger partial charge in [0, 0.05) is 12.1 Å². The Kier molecular flexibility index (Phi) is 10.8. The molecule has 1 amide bonds. The maximum absolute atomic E-state index is 13.0. The van der Waals surface area contributed by atoms with Gasteiger partial charge in [-0.25, -0.2) is 4.98 Å². The lowest BCUT2D eigenvalue weighted by molar-refractivity contribution is 0.0933. The summed E-state index contributed by atoms with van der Waals surface area (Å²) < 4.78 is 2.35. The third-order valence-corrected chi connectivity index (χ3v) is 6.83. The molecule has 0 saturated carbocycles. The molecule has 4 nitrogen and oxygen atoms in total. The number of aromatic nitrogens is 2. The molecule has 0 spiro atoms. The number of nitrogens with zero attached hydrogens (tertiary/aromatic N) is 2. The highest BCUT2D eigenvalue weighted by atomic mass is 32.2. The fourth-order valence-electron chi connectivity index (χ4n) is 4.33. The van der Waals surface area contributed by atoms with E-state index in [9.17, 15) is 4.79 Å². The maximum atomic E-state index is 13.0. The number of unbranched alkanes of at least 4 members (excludes halogenated alkanes) is 7. The summed E-state index contributed by atoms with van der Waals surface area (Å²) in [6.07, 6.45) is 13.4. The Balaban J connectivity index is 1.73. The summed E-state index contributed by atoms with van der Waals surface area (Å²) in [7, 11) is 0. The Morgan fingerprint density at radius 1 is 0.939 bits per heavy atom. The topological polar surface area (TPSA) is 46.9 Å². The van der Waals surface area contributed by atoms with E-state index in [4.69, 9.17) is 4.98 Å². The second-order valence-electron chi connectivity index (χ2n) is 8.76. The van der Waals surface area contributed by atoms with Gasteiger partial charge in [0.25, 0.3) is 5.91 Å². The van der Waals surface area contributed by atoms with Crippen molar-refractivity contribution in [3.63, 3.8) is 0 Å². The minimum absolute atomic E-state index is 0.0348. The summed E-state index contributed by atoms with van der Waals surface area (Å²) in [5.74, 6) is 1.92. The molecular formula is C28H39N3OS. The molecule has 0 aliphatic carbocycles. The Hall–Kier alpha value is -2.27. The quantitative estimate of drug-likeness (QED) is 0.238. The van der Waals surface area contributed by atoms with Crippen molar-refractivity contribution < 1.29 is 4.79 Å². The van der Waals surface area contributed by atoms with Gasteiger partial charge >= 0.3 is 0 Å². The molecule has 0 unspecified atom stereocenters. The molecular weight excluding hydrogens is 426 g/mol. The molecule has 0 bridgehead atoms. The number of carbonyl (C=O) groups is 1. The number of imidazole rings is 1. The standard InChI is InChI=1S/C28H39N3OS/c1-3-4-5-6-7-8-9-15-21-31-26-19-14-13-18-24(26)29-27(31)25(20-22-33-2)30-28(32)23-16-11-10-12-17-23/h10-14,16-19,25H,3-9,15,20-22H2,1-2H3,(H,30,32)/t25-/m1/s1. The fourth-order valence-corrected chi connectivity index (χ4v) is 4.80. The third-order valence-electron chi connectivity index (χ3n) is 6.18. The summed E-state index contributed by atoms with van der Waals surface area (Å²) >= 11 is 1.80. The summed E-state index contributed by atoms with van der Waals surface area (Å²) in [5.41, 5.74) is 2.87. The van der Waals surface area contributed by atoms with Gasteiger partial charge in [-0.15, -0.1) is 0 Å². The highest BCUT2D eigenvalue weighted by molar-refractivity contribution is 7.98. The number of rotatable bonds is 15. The van der Waals surface area contributed by atoms with Crippen molar-refractivity contribution >= 4 is 28.7 Å². The van der Waals surface area contributed by atoms with Crippen LogP contribution in [-0.4, -0.2) is 27.5 Å². The number of aryl methyl sites for hydroxylation is 1. The van der Waals surface area contributed by atoms with E-state index < -0.39 is 0 Å². The van der Waals surface area contributed by atoms with E-state index in [1.807, 2.05) is 36.4 Å². The molecule has 1 heterocycles. The highest BCUT2D eigenvalue weighted by Crippen LogP contribution is 2.25. The number of benzene rings is 2. The summed E-state index contributed by atoms with van der Waals surface area (Å²) in [5, 5.41) is 3.28. The van der Waals surface area contributed by atoms with Crippen LogP contribution in [0.3, 0.4) is 0 Å². The van der Waals surface area contributed by atoms with Gasteiger partial charge in [0.2, 0.25) is 0 Å². The number of thioether (sulfide) groups is 1. The minimum atomic E-state index is -0.105. The van der Waals surface area contributed by atoms with Crippen LogP contribution in [0, 0.1) is 0 Å². The second kappa shape index (κ2) is 14.1. The lowest BCUT2D eigenvalue weighted by Crippen LogP contribution is -2.31. The van der Waals surface area contributed by atoms with E-state index >= 15 is 0 Å². The second-order valence-corrected chi connectivity index (χ2v) is 9.74. The zero-order valence-electron chi connectivity index (χ0n) is 20.3. The van der Waals surface area contributed by atoms with Crippen LogP contribution in [0.2, 0.25) is 0 Å². The van der Waals surface area contributed by atoms with Crippen LogP contribution in [-0.2, 0) is 6.54 Å². The molecule has 5 heteroatoms. The molecule has 0 radical (unpaired) electrons. The number of para-hydroxylation sites is 2. The van der Waals surface area contributed by atoms with Crippen molar-refractivity contribution in [1.82, 2.24) is 14.9 Å². The van der Waals surface area contributed by atoms with Gasteiger partial charge in [-0.1, -0.05) is 82.2 Å². The van der Waals surface area contributed by atoms with Crippen LogP contribution in [0.15, 0.2) is 54.6 Å². The number of hydrogen-bond donors (Lipinski definition) is 1. The summed E-state index contributed by atoms with van der Waals surface area (Å²) in [6.45, 7) is 3.21. The van der Waals surface area contributed by atoms with Crippen molar-refractivity contribution in [3.8, 4) is 0 Å². The molecule has 1 atom stereocenters. The van der Waals surface area contributed by atoms with Gasteiger partial charge in [-0.3, -0.25) is 4.79 Å². The maximum Gasteiger partial charge on any atom is 0.251 e. The number of hydrogen-bond acceptors (Lipinski definition) is 3. The van der Waals surface area contributed by atoms with Gasteiger partial charge in [0.05, 0.1) is 17.1 Å². The molecule has 2 aromatic carbocycles. The fraction of sp³-hybridized carbons (Fsp3) is 0.500. The van der Waals surface area contributed by atoms with Crippen LogP contribution in [0.4, 0.5) is 0 Å². The molecule has 0 saturated heterocycles. The molecule has 1 N–H and O–H groups in total. The van der Waals surface area contributed by atoms with E-state index in [-0.39, 0.29) is 11.9 Å².